The van der Waals surface area contributed by atoms with Crippen LogP contribution < -0.4 is 10.2 Å². The van der Waals surface area contributed by atoms with Crippen molar-refractivity contribution in [3.05, 3.63) is 30.3 Å². The highest BCUT2D eigenvalue weighted by Gasteiger charge is 2.24. The third kappa shape index (κ3) is 4.24. The van der Waals surface area contributed by atoms with Gasteiger partial charge in [0.2, 0.25) is 5.91 Å². The van der Waals surface area contributed by atoms with Gasteiger partial charge >= 0.3 is 0 Å². The maximum atomic E-state index is 12.4. The van der Waals surface area contributed by atoms with E-state index in [-0.39, 0.29) is 0 Å². The summed E-state index contributed by atoms with van der Waals surface area (Å²) in [6.07, 6.45) is 0.648. The van der Waals surface area contributed by atoms with Crippen molar-refractivity contribution in [3.63, 3.8) is 0 Å². The molecule has 0 radical (unpaired) electrons. The lowest BCUT2D eigenvalue weighted by Gasteiger charge is -2.37. The molecule has 2 heterocycles. The van der Waals surface area contributed by atoms with E-state index >= 15 is 0 Å². The fraction of sp³-hybridized carbons (Fsp3) is 0.611. The monoisotopic (exact) mass is 316 g/mol. The lowest BCUT2D eigenvalue weighted by molar-refractivity contribution is -0.134. The Kier molecular flexibility index (Phi) is 5.51. The Bertz CT molecular complexity index is 499. The van der Waals surface area contributed by atoms with Gasteiger partial charge in [0.15, 0.2) is 0 Å². The maximum Gasteiger partial charge on any atom is 0.224 e. The van der Waals surface area contributed by atoms with Crippen LogP contribution in [0.15, 0.2) is 30.3 Å². The average Bonchev–Trinajstić information content (AvgIpc) is 2.61. The van der Waals surface area contributed by atoms with E-state index in [2.05, 4.69) is 52.4 Å². The van der Waals surface area contributed by atoms with Crippen molar-refractivity contribution < 1.29 is 4.79 Å². The molecule has 0 unspecified atom stereocenters. The number of piperazine rings is 2. The summed E-state index contributed by atoms with van der Waals surface area (Å²) in [7, 11) is 0. The predicted molar refractivity (Wildman–Crippen MR) is 93.8 cm³/mol. The summed E-state index contributed by atoms with van der Waals surface area (Å²) in [5.41, 5.74) is 1.30. The van der Waals surface area contributed by atoms with Gasteiger partial charge in [-0.3, -0.25) is 9.69 Å². The molecule has 0 saturated carbocycles. The molecule has 2 saturated heterocycles. The van der Waals surface area contributed by atoms with Crippen molar-refractivity contribution in [2.45, 2.75) is 19.4 Å². The molecule has 5 heteroatoms. The van der Waals surface area contributed by atoms with E-state index in [0.29, 0.717) is 18.4 Å². The van der Waals surface area contributed by atoms with Crippen molar-refractivity contribution in [1.82, 2.24) is 15.1 Å². The molecule has 1 amide bonds. The minimum absolute atomic E-state index is 0.310. The highest BCUT2D eigenvalue weighted by Crippen LogP contribution is 2.15. The minimum atomic E-state index is 0.310. The molecule has 1 aromatic rings. The summed E-state index contributed by atoms with van der Waals surface area (Å²) in [4.78, 5) is 19.3. The van der Waals surface area contributed by atoms with Gasteiger partial charge in [-0.25, -0.2) is 0 Å². The first-order valence-electron chi connectivity index (χ1n) is 8.76. The number of hydrogen-bond donors (Lipinski definition) is 1. The quantitative estimate of drug-likeness (QED) is 0.900. The van der Waals surface area contributed by atoms with Crippen LogP contribution in [0, 0.1) is 0 Å². The number of rotatable bonds is 4. The molecular weight excluding hydrogens is 288 g/mol. The molecule has 23 heavy (non-hydrogen) atoms. The molecule has 5 nitrogen and oxygen atoms in total. The van der Waals surface area contributed by atoms with Gasteiger partial charge in [0, 0.05) is 70.5 Å². The largest absolute Gasteiger partial charge is 0.369 e. The van der Waals surface area contributed by atoms with Crippen LogP contribution in [0.1, 0.15) is 13.3 Å². The van der Waals surface area contributed by atoms with E-state index in [1.807, 2.05) is 4.90 Å². The van der Waals surface area contributed by atoms with Crippen LogP contribution in [0.3, 0.4) is 0 Å². The third-order valence-electron chi connectivity index (χ3n) is 4.96. The smallest absolute Gasteiger partial charge is 0.224 e. The Morgan fingerprint density at radius 1 is 1.13 bits per heavy atom. The fourth-order valence-electron chi connectivity index (χ4n) is 3.48. The van der Waals surface area contributed by atoms with Crippen molar-refractivity contribution >= 4 is 11.6 Å². The summed E-state index contributed by atoms with van der Waals surface area (Å²) >= 11 is 0. The van der Waals surface area contributed by atoms with E-state index in [4.69, 9.17) is 0 Å². The van der Waals surface area contributed by atoms with Crippen LogP contribution in [0.2, 0.25) is 0 Å². The van der Waals surface area contributed by atoms with Gasteiger partial charge in [0.05, 0.1) is 0 Å². The summed E-state index contributed by atoms with van der Waals surface area (Å²) in [5.74, 6) is 0.310. The molecule has 0 bridgehead atoms. The van der Waals surface area contributed by atoms with Gasteiger partial charge < -0.3 is 15.1 Å². The van der Waals surface area contributed by atoms with E-state index in [1.54, 1.807) is 0 Å². The Hall–Kier alpha value is -1.59. The van der Waals surface area contributed by atoms with Crippen molar-refractivity contribution in [2.75, 3.05) is 57.3 Å². The number of carbonyl (C=O) groups excluding carboxylic acids is 1. The molecular formula is C18H28N4O. The van der Waals surface area contributed by atoms with Crippen LogP contribution in [-0.2, 0) is 4.79 Å². The van der Waals surface area contributed by atoms with Crippen LogP contribution in [-0.4, -0.2) is 74.1 Å². The number of hydrogen-bond acceptors (Lipinski definition) is 4. The van der Waals surface area contributed by atoms with Crippen LogP contribution in [0.25, 0.3) is 0 Å². The second kappa shape index (κ2) is 7.79. The van der Waals surface area contributed by atoms with Crippen molar-refractivity contribution in [3.8, 4) is 0 Å². The molecule has 1 aromatic carbocycles. The molecule has 1 atom stereocenters. The standard InChI is InChI=1S/C18H28N4O/c1-16-15-19-8-10-22(16)18(23)7-9-20-11-13-21(14-12-20)17-5-3-2-4-6-17/h2-6,16,19H,7-15H2,1H3/t16-/m1/s1. The van der Waals surface area contributed by atoms with Crippen molar-refractivity contribution in [2.24, 2.45) is 0 Å². The lowest BCUT2D eigenvalue weighted by Crippen LogP contribution is -2.53. The molecule has 1 N–H and O–H groups in total. The molecule has 2 aliphatic heterocycles. The Morgan fingerprint density at radius 2 is 1.87 bits per heavy atom. The number of benzene rings is 1. The minimum Gasteiger partial charge on any atom is -0.369 e. The predicted octanol–water partition coefficient (Wildman–Crippen LogP) is 1.02. The first kappa shape index (κ1) is 16.3. The first-order chi connectivity index (χ1) is 11.2. The summed E-state index contributed by atoms with van der Waals surface area (Å²) in [5, 5.41) is 3.34. The topological polar surface area (TPSA) is 38.8 Å². The zero-order chi connectivity index (χ0) is 16.1. The molecule has 0 aliphatic carbocycles. The fourth-order valence-corrected chi connectivity index (χ4v) is 3.48. The zero-order valence-corrected chi connectivity index (χ0v) is 14.1. The molecule has 126 valence electrons. The number of carbonyl (C=O) groups is 1. The lowest BCUT2D eigenvalue weighted by atomic mass is 10.2. The average molecular weight is 316 g/mol. The summed E-state index contributed by atoms with van der Waals surface area (Å²) < 4.78 is 0. The maximum absolute atomic E-state index is 12.4. The summed E-state index contributed by atoms with van der Waals surface area (Å²) in [6, 6.07) is 10.9. The molecule has 0 spiro atoms. The highest BCUT2D eigenvalue weighted by atomic mass is 16.2. The molecule has 2 fully saturated rings. The van der Waals surface area contributed by atoms with E-state index < -0.39 is 0 Å². The van der Waals surface area contributed by atoms with Crippen LogP contribution >= 0.6 is 0 Å². The zero-order valence-electron chi connectivity index (χ0n) is 14.1. The van der Waals surface area contributed by atoms with Gasteiger partial charge in [0.1, 0.15) is 0 Å². The highest BCUT2D eigenvalue weighted by molar-refractivity contribution is 5.76. The van der Waals surface area contributed by atoms with Crippen LogP contribution in [0.4, 0.5) is 5.69 Å². The van der Waals surface area contributed by atoms with Crippen LogP contribution in [0.5, 0.6) is 0 Å². The number of nitrogens with one attached hydrogen (secondary N) is 1. The molecule has 3 rings (SSSR count). The van der Waals surface area contributed by atoms with Gasteiger partial charge in [-0.1, -0.05) is 18.2 Å². The third-order valence-corrected chi connectivity index (χ3v) is 4.96. The SMILES string of the molecule is C[C@@H]1CNCCN1C(=O)CCN1CCN(c2ccccc2)CC1. The van der Waals surface area contributed by atoms with E-state index in [1.165, 1.54) is 5.69 Å². The van der Waals surface area contributed by atoms with Gasteiger partial charge in [-0.2, -0.15) is 0 Å². The second-order valence-corrected chi connectivity index (χ2v) is 6.55. The van der Waals surface area contributed by atoms with Gasteiger partial charge in [-0.05, 0) is 19.1 Å². The Morgan fingerprint density at radius 3 is 2.57 bits per heavy atom. The number of amides is 1. The van der Waals surface area contributed by atoms with E-state index in [9.17, 15) is 4.79 Å². The Balaban J connectivity index is 1.41. The number of nitrogens with zero attached hydrogens (tertiary/aromatic N) is 3. The molecule has 2 aliphatic rings. The Labute approximate surface area is 139 Å². The summed E-state index contributed by atoms with van der Waals surface area (Å²) in [6.45, 7) is 9.87. The number of para-hydroxylation sites is 1. The van der Waals surface area contributed by atoms with Gasteiger partial charge in [0.25, 0.3) is 0 Å². The number of anilines is 1. The van der Waals surface area contributed by atoms with E-state index in [0.717, 1.165) is 52.4 Å². The second-order valence-electron chi connectivity index (χ2n) is 6.55. The van der Waals surface area contributed by atoms with Crippen molar-refractivity contribution in [1.29, 1.82) is 0 Å². The molecule has 0 aromatic heterocycles. The van der Waals surface area contributed by atoms with Gasteiger partial charge in [-0.15, -0.1) is 0 Å². The normalized spacial score (nSPS) is 23.1. The first-order valence-corrected chi connectivity index (χ1v) is 8.76.